The van der Waals surface area contributed by atoms with Crippen molar-refractivity contribution in [2.24, 2.45) is 22.4 Å². The van der Waals surface area contributed by atoms with Crippen LogP contribution in [0.15, 0.2) is 28.8 Å². The molecule has 0 saturated carbocycles. The quantitative estimate of drug-likeness (QED) is 0.0224. The van der Waals surface area contributed by atoms with Crippen LogP contribution in [0.2, 0.25) is 14.8 Å². The van der Waals surface area contributed by atoms with Crippen molar-refractivity contribution in [3.63, 3.8) is 0 Å². The number of ether oxygens (including phenoxy) is 3. The summed E-state index contributed by atoms with van der Waals surface area (Å²) in [7, 11) is 3.33. The average molecular weight is 1130 g/mol. The maximum Gasteiger partial charge on any atom is 0.0794 e. The fourth-order valence-corrected chi connectivity index (χ4v) is 11.0. The number of benzene rings is 1. The number of rotatable bonds is 24. The summed E-state index contributed by atoms with van der Waals surface area (Å²) >= 11 is -2.47. The molecule has 0 heterocycles. The van der Waals surface area contributed by atoms with Crippen LogP contribution in [0.5, 0.6) is 0 Å². The monoisotopic (exact) mass is 1130 g/mol. The maximum atomic E-state index is 13.0. The number of unbranched alkanes of at least 4 members (excludes halogenated alkanes) is 3. The number of nitrogens with zero attached hydrogens (tertiary/aromatic N) is 3. The maximum absolute atomic E-state index is 13.0. The molecule has 13 nitrogen and oxygen atoms in total. The summed E-state index contributed by atoms with van der Waals surface area (Å²) in [6.45, 7) is 40.5. The third-order valence-electron chi connectivity index (χ3n) is 10.5. The minimum atomic E-state index is -2.47. The zero-order valence-electron chi connectivity index (χ0n) is 51.0. The molecule has 0 saturated heterocycles. The number of aldehydes is 1. The van der Waals surface area contributed by atoms with E-state index in [9.17, 15) is 19.2 Å². The molecule has 424 valence electrons. The van der Waals surface area contributed by atoms with E-state index in [1.54, 1.807) is 21.1 Å². The number of allylic oxidation sites excluding steroid dienone is 1. The van der Waals surface area contributed by atoms with Crippen molar-refractivity contribution < 1.29 is 33.4 Å². The SMILES string of the molecule is CCC(=O)OC(C)(C)C.CCC=O.CCCCCCC(C)CC.CCCN(CCN(CCC)CC(=O)OC(C)(C)C)CC(=O)NCc1ccc(/C(N)=C(/C)CC)c[c]1[Sn]([CH3])([CH3])[CH3].CN=CN.COC(C)(C)C. The van der Waals surface area contributed by atoms with E-state index < -0.39 is 24.0 Å². The van der Waals surface area contributed by atoms with E-state index in [2.05, 4.69) is 102 Å². The number of hydrogen-bond acceptors (Lipinski definition) is 11. The normalized spacial score (nSPS) is 12.2. The molecule has 72 heavy (non-hydrogen) atoms. The Balaban J connectivity index is -0.000000361. The fourth-order valence-electron chi connectivity index (χ4n) is 6.03. The minimum Gasteiger partial charge on any atom is -0.390 e. The Bertz CT molecular complexity index is 1590. The Morgan fingerprint density at radius 3 is 1.57 bits per heavy atom. The number of amides is 1. The molecule has 1 aromatic rings. The number of hydrogen-bond donors (Lipinski definition) is 3. The van der Waals surface area contributed by atoms with Crippen molar-refractivity contribution in [1.29, 1.82) is 0 Å². The van der Waals surface area contributed by atoms with Gasteiger partial charge in [0.2, 0.25) is 0 Å². The second-order valence-corrected chi connectivity index (χ2v) is 36.6. The Morgan fingerprint density at radius 2 is 1.22 bits per heavy atom. The third kappa shape index (κ3) is 51.9. The largest absolute Gasteiger partial charge is 0.390 e. The number of nitrogens with two attached hydrogens (primary N) is 2. The van der Waals surface area contributed by atoms with Crippen LogP contribution in [0.25, 0.3) is 5.70 Å². The van der Waals surface area contributed by atoms with Crippen molar-refractivity contribution in [1.82, 2.24) is 15.1 Å². The summed E-state index contributed by atoms with van der Waals surface area (Å²) in [5.74, 6) is 0.640. The molecule has 0 aromatic heterocycles. The standard InChI is InChI=1S/C28H47N4O3.C10H22.C7H14O2.C5H12O.C3H6O.C2H6N2.3CH3.Sn/c1-8-15-31(17-18-32(16-9-2)21-26(34)35-28(5,6)7)20-25(33)30-19-23-11-13-24(14-12-23)27(29)22(4)10-3;1-4-6-7-8-9-10(3)5-2;1-5-6(8)9-7(2,3)4;1-5(2,3)6-4;1-2-3-4;1-4-2-3;;;;/h11,13-14H,8-10,15-21,29H2,1-7H3,(H,30,33);10H,4-9H2,1-3H3;5H2,1-4H3;1-4H3;3H,2H2,1H3;2H,1H3,(H2,3,4);3*1H3;/b27-22+;;;;;;;;;. The first-order valence-corrected chi connectivity index (χ1v) is 37.1. The predicted molar refractivity (Wildman–Crippen MR) is 314 cm³/mol. The average Bonchev–Trinajstić information content (AvgIpc) is 3.29. The van der Waals surface area contributed by atoms with Crippen molar-refractivity contribution in [2.45, 2.75) is 233 Å². The van der Waals surface area contributed by atoms with E-state index in [0.29, 0.717) is 25.9 Å². The summed E-state index contributed by atoms with van der Waals surface area (Å²) in [6.07, 6.45) is 14.5. The van der Waals surface area contributed by atoms with Crippen LogP contribution in [-0.2, 0) is 39.9 Å². The zero-order valence-corrected chi connectivity index (χ0v) is 53.9. The molecule has 5 N–H and O–H groups in total. The van der Waals surface area contributed by atoms with E-state index in [1.165, 1.54) is 59.6 Å². The Kier molecular flexibility index (Phi) is 49.1. The van der Waals surface area contributed by atoms with Crippen LogP contribution >= 0.6 is 0 Å². The molecule has 0 spiro atoms. The van der Waals surface area contributed by atoms with Gasteiger partial charge in [0, 0.05) is 27.0 Å². The second-order valence-electron chi connectivity index (χ2n) is 22.2. The first-order chi connectivity index (χ1) is 33.3. The van der Waals surface area contributed by atoms with Crippen LogP contribution < -0.4 is 20.4 Å². The number of methoxy groups -OCH3 is 1. The molecule has 0 bridgehead atoms. The molecule has 1 aromatic carbocycles. The van der Waals surface area contributed by atoms with Crippen LogP contribution in [0.4, 0.5) is 0 Å². The van der Waals surface area contributed by atoms with Gasteiger partial charge in [-0.1, -0.05) is 80.1 Å². The van der Waals surface area contributed by atoms with Gasteiger partial charge in [0.15, 0.2) is 0 Å². The van der Waals surface area contributed by atoms with Crippen LogP contribution in [0, 0.1) is 5.92 Å². The Morgan fingerprint density at radius 1 is 0.750 bits per heavy atom. The van der Waals surface area contributed by atoms with Gasteiger partial charge in [-0.25, -0.2) is 0 Å². The summed E-state index contributed by atoms with van der Waals surface area (Å²) < 4.78 is 16.8. The van der Waals surface area contributed by atoms with E-state index in [4.69, 9.17) is 25.7 Å². The number of esters is 2. The molecule has 1 atom stereocenters. The molecule has 1 amide bonds. The summed E-state index contributed by atoms with van der Waals surface area (Å²) in [4.78, 5) is 60.1. The number of aliphatic imine (C=N–C) groups is 1. The smallest absolute Gasteiger partial charge is 0.0794 e. The molecular formula is C58H116N6O7Sn. The van der Waals surface area contributed by atoms with Crippen molar-refractivity contribution in [2.75, 3.05) is 53.4 Å². The van der Waals surface area contributed by atoms with Crippen LogP contribution in [0.3, 0.4) is 0 Å². The topological polar surface area (TPSA) is 179 Å². The van der Waals surface area contributed by atoms with Gasteiger partial charge in [-0.05, 0) is 68.2 Å². The Labute approximate surface area is 448 Å². The zero-order chi connectivity index (χ0) is 57.1. The van der Waals surface area contributed by atoms with E-state index in [0.717, 1.165) is 68.9 Å². The van der Waals surface area contributed by atoms with E-state index >= 15 is 0 Å². The molecule has 1 rings (SSSR count). The second kappa shape index (κ2) is 45.4. The molecule has 0 aliphatic carbocycles. The van der Waals surface area contributed by atoms with Gasteiger partial charge < -0.3 is 24.7 Å². The molecule has 14 heteroatoms. The van der Waals surface area contributed by atoms with Crippen LogP contribution in [-0.4, -0.2) is 129 Å². The van der Waals surface area contributed by atoms with Crippen molar-refractivity contribution in [3.05, 3.63) is 34.9 Å². The van der Waals surface area contributed by atoms with Crippen molar-refractivity contribution in [3.8, 4) is 0 Å². The number of nitrogens with one attached hydrogen (secondary N) is 1. The molecule has 0 aliphatic rings. The van der Waals surface area contributed by atoms with Gasteiger partial charge in [0.1, 0.15) is 17.5 Å². The molecule has 0 radical (unpaired) electrons. The van der Waals surface area contributed by atoms with E-state index in [-0.39, 0.29) is 35.6 Å². The molecule has 1 unspecified atom stereocenters. The molecule has 0 fully saturated rings. The third-order valence-corrected chi connectivity index (χ3v) is 16.5. The van der Waals surface area contributed by atoms with Gasteiger partial charge in [0.05, 0.1) is 11.9 Å². The molecular weight excluding hydrogens is 1010 g/mol. The van der Waals surface area contributed by atoms with Crippen LogP contribution in [0.1, 0.15) is 206 Å². The number of carbonyl (C=O) groups excluding carboxylic acids is 4. The van der Waals surface area contributed by atoms with Gasteiger partial charge >= 0.3 is 207 Å². The number of carbonyl (C=O) groups is 4. The summed E-state index contributed by atoms with van der Waals surface area (Å²) in [6, 6.07) is 6.50. The first kappa shape index (κ1) is 77.9. The summed E-state index contributed by atoms with van der Waals surface area (Å²) in [5.41, 5.74) is 14.7. The van der Waals surface area contributed by atoms with Gasteiger partial charge in [0.25, 0.3) is 0 Å². The summed E-state index contributed by atoms with van der Waals surface area (Å²) in [5, 5.41) is 3.18. The van der Waals surface area contributed by atoms with Gasteiger partial charge in [-0.2, -0.15) is 0 Å². The predicted octanol–water partition coefficient (Wildman–Crippen LogP) is 12.1. The molecule has 0 aliphatic heterocycles. The fraction of sp³-hybridized carbons (Fsp3) is 0.776. The van der Waals surface area contributed by atoms with Crippen molar-refractivity contribution >= 4 is 58.1 Å². The van der Waals surface area contributed by atoms with Gasteiger partial charge in [-0.15, -0.1) is 0 Å². The van der Waals surface area contributed by atoms with E-state index in [1.807, 2.05) is 69.2 Å². The van der Waals surface area contributed by atoms with Gasteiger partial charge in [-0.3, -0.25) is 14.6 Å². The first-order valence-electron chi connectivity index (χ1n) is 27.1. The minimum absolute atomic E-state index is 0.0259. The Hall–Kier alpha value is -3.01.